The van der Waals surface area contributed by atoms with Crippen molar-refractivity contribution in [2.45, 2.75) is 70.7 Å². The van der Waals surface area contributed by atoms with Gasteiger partial charge in [-0.25, -0.2) is 0 Å². The molecule has 2 aliphatic rings. The number of fused-ring (bicyclic) bond motifs is 1. The Morgan fingerprint density at radius 2 is 2.14 bits per heavy atom. The monoisotopic (exact) mass is 304 g/mol. The number of cyclic esters (lactones) is 1. The highest BCUT2D eigenvalue weighted by Gasteiger charge is 2.33. The van der Waals surface area contributed by atoms with Crippen molar-refractivity contribution < 1.29 is 19.4 Å². The summed E-state index contributed by atoms with van der Waals surface area (Å²) < 4.78 is 11.5. The molecule has 2 atom stereocenters. The molecule has 2 heterocycles. The fourth-order valence-electron chi connectivity index (χ4n) is 3.41. The molecule has 2 aliphatic heterocycles. The Hall–Kier alpha value is -1.55. The van der Waals surface area contributed by atoms with Crippen LogP contribution in [0.15, 0.2) is 12.1 Å². The SMILES string of the molecule is Cc1ccc(CC[C@@H]2C[C@@H](O)CC(=O)O2)c2c1CC(C)(C)O2. The summed E-state index contributed by atoms with van der Waals surface area (Å²) in [5.74, 6) is 0.711. The summed E-state index contributed by atoms with van der Waals surface area (Å²) in [4.78, 5) is 11.4. The Labute approximate surface area is 131 Å². The Bertz CT molecular complexity index is 591. The Morgan fingerprint density at radius 3 is 2.86 bits per heavy atom. The van der Waals surface area contributed by atoms with Gasteiger partial charge in [0.15, 0.2) is 0 Å². The summed E-state index contributed by atoms with van der Waals surface area (Å²) in [5, 5.41) is 9.68. The van der Waals surface area contributed by atoms with Gasteiger partial charge < -0.3 is 14.6 Å². The van der Waals surface area contributed by atoms with Crippen molar-refractivity contribution in [1.29, 1.82) is 0 Å². The Morgan fingerprint density at radius 1 is 1.36 bits per heavy atom. The average molecular weight is 304 g/mol. The first-order valence-electron chi connectivity index (χ1n) is 8.02. The van der Waals surface area contributed by atoms with Gasteiger partial charge in [-0.2, -0.15) is 0 Å². The second kappa shape index (κ2) is 5.58. The van der Waals surface area contributed by atoms with Crippen molar-refractivity contribution in [2.75, 3.05) is 0 Å². The molecule has 0 aliphatic carbocycles. The zero-order valence-electron chi connectivity index (χ0n) is 13.5. The van der Waals surface area contributed by atoms with Crippen molar-refractivity contribution in [1.82, 2.24) is 0 Å². The maximum Gasteiger partial charge on any atom is 0.308 e. The van der Waals surface area contributed by atoms with Gasteiger partial charge in [-0.1, -0.05) is 12.1 Å². The molecule has 1 aromatic carbocycles. The third-order valence-electron chi connectivity index (χ3n) is 4.53. The number of aliphatic hydroxyl groups excluding tert-OH is 1. The van der Waals surface area contributed by atoms with Crippen molar-refractivity contribution in [3.8, 4) is 5.75 Å². The number of aryl methyl sites for hydroxylation is 2. The zero-order chi connectivity index (χ0) is 15.9. The molecule has 1 aromatic rings. The smallest absolute Gasteiger partial charge is 0.308 e. The highest BCUT2D eigenvalue weighted by molar-refractivity contribution is 5.70. The summed E-state index contributed by atoms with van der Waals surface area (Å²) in [6.07, 6.45) is 2.34. The third-order valence-corrected chi connectivity index (χ3v) is 4.53. The summed E-state index contributed by atoms with van der Waals surface area (Å²) >= 11 is 0. The molecular weight excluding hydrogens is 280 g/mol. The summed E-state index contributed by atoms with van der Waals surface area (Å²) in [6.45, 7) is 6.33. The molecule has 1 saturated heterocycles. The number of rotatable bonds is 3. The van der Waals surface area contributed by atoms with E-state index in [-0.39, 0.29) is 24.1 Å². The van der Waals surface area contributed by atoms with Crippen LogP contribution in [0, 0.1) is 6.92 Å². The van der Waals surface area contributed by atoms with E-state index in [0.717, 1.165) is 25.0 Å². The van der Waals surface area contributed by atoms with Gasteiger partial charge in [0.05, 0.1) is 12.5 Å². The van der Waals surface area contributed by atoms with Crippen LogP contribution >= 0.6 is 0 Å². The largest absolute Gasteiger partial charge is 0.487 e. The molecular formula is C18H24O4. The van der Waals surface area contributed by atoms with Crippen molar-refractivity contribution in [2.24, 2.45) is 0 Å². The second-order valence-electron chi connectivity index (χ2n) is 7.13. The minimum absolute atomic E-state index is 0.119. The number of carbonyl (C=O) groups excluding carboxylic acids is 1. The van der Waals surface area contributed by atoms with Gasteiger partial charge in [-0.05, 0) is 44.7 Å². The minimum Gasteiger partial charge on any atom is -0.487 e. The van der Waals surface area contributed by atoms with Crippen LogP contribution in [0.1, 0.15) is 49.8 Å². The van der Waals surface area contributed by atoms with Gasteiger partial charge in [0, 0.05) is 18.4 Å². The lowest BCUT2D eigenvalue weighted by Crippen LogP contribution is -2.32. The van der Waals surface area contributed by atoms with Gasteiger partial charge in [-0.15, -0.1) is 0 Å². The van der Waals surface area contributed by atoms with Gasteiger partial charge in [0.25, 0.3) is 0 Å². The van der Waals surface area contributed by atoms with E-state index >= 15 is 0 Å². The van der Waals surface area contributed by atoms with E-state index in [1.807, 2.05) is 0 Å². The first-order chi connectivity index (χ1) is 10.3. The lowest BCUT2D eigenvalue weighted by molar-refractivity contribution is -0.160. The fourth-order valence-corrected chi connectivity index (χ4v) is 3.41. The molecule has 1 N–H and O–H groups in total. The van der Waals surface area contributed by atoms with Crippen molar-refractivity contribution in [3.05, 3.63) is 28.8 Å². The third kappa shape index (κ3) is 3.12. The number of benzene rings is 1. The summed E-state index contributed by atoms with van der Waals surface area (Å²) in [5.41, 5.74) is 3.57. The van der Waals surface area contributed by atoms with Crippen molar-refractivity contribution in [3.63, 3.8) is 0 Å². The molecule has 0 saturated carbocycles. The maximum atomic E-state index is 11.4. The maximum absolute atomic E-state index is 11.4. The number of hydrogen-bond donors (Lipinski definition) is 1. The van der Waals surface area contributed by atoms with E-state index in [0.29, 0.717) is 6.42 Å². The van der Waals surface area contributed by atoms with E-state index < -0.39 is 6.10 Å². The summed E-state index contributed by atoms with van der Waals surface area (Å²) in [6, 6.07) is 4.25. The highest BCUT2D eigenvalue weighted by atomic mass is 16.5. The van der Waals surface area contributed by atoms with E-state index in [2.05, 4.69) is 32.9 Å². The normalized spacial score (nSPS) is 26.3. The molecule has 0 unspecified atom stereocenters. The first kappa shape index (κ1) is 15.3. The lowest BCUT2D eigenvalue weighted by Gasteiger charge is -2.26. The zero-order valence-corrected chi connectivity index (χ0v) is 13.5. The quantitative estimate of drug-likeness (QED) is 0.872. The molecule has 4 heteroatoms. The number of hydrogen-bond acceptors (Lipinski definition) is 4. The first-order valence-corrected chi connectivity index (χ1v) is 8.02. The average Bonchev–Trinajstić information content (AvgIpc) is 2.73. The van der Waals surface area contributed by atoms with E-state index in [1.54, 1.807) is 0 Å². The molecule has 4 nitrogen and oxygen atoms in total. The molecule has 0 spiro atoms. The van der Waals surface area contributed by atoms with E-state index in [4.69, 9.17) is 9.47 Å². The molecule has 22 heavy (non-hydrogen) atoms. The van der Waals surface area contributed by atoms with Crippen LogP contribution in [0.25, 0.3) is 0 Å². The number of carbonyl (C=O) groups is 1. The van der Waals surface area contributed by atoms with Crippen molar-refractivity contribution >= 4 is 5.97 Å². The molecule has 3 rings (SSSR count). The van der Waals surface area contributed by atoms with E-state index in [1.165, 1.54) is 16.7 Å². The number of esters is 1. The molecule has 0 aromatic heterocycles. The molecule has 1 fully saturated rings. The lowest BCUT2D eigenvalue weighted by atomic mass is 9.94. The van der Waals surface area contributed by atoms with Crippen LogP contribution < -0.4 is 4.74 Å². The molecule has 0 radical (unpaired) electrons. The standard InChI is InChI=1S/C18H24O4/c1-11-4-5-12(17-15(11)10-18(2,3)22-17)6-7-14-8-13(19)9-16(20)21-14/h4-5,13-14,19H,6-10H2,1-3H3/t13-,14-/m1/s1. The predicted molar refractivity (Wildman–Crippen MR) is 83.0 cm³/mol. The number of aliphatic hydroxyl groups is 1. The predicted octanol–water partition coefficient (Wildman–Crippen LogP) is 2.71. The van der Waals surface area contributed by atoms with Gasteiger partial charge in [0.2, 0.25) is 0 Å². The van der Waals surface area contributed by atoms with Gasteiger partial charge >= 0.3 is 5.97 Å². The van der Waals surface area contributed by atoms with Crippen LogP contribution in [0.3, 0.4) is 0 Å². The summed E-state index contributed by atoms with van der Waals surface area (Å²) in [7, 11) is 0. The molecule has 0 amide bonds. The van der Waals surface area contributed by atoms with E-state index in [9.17, 15) is 9.90 Å². The van der Waals surface area contributed by atoms with Crippen LogP contribution in [0.5, 0.6) is 5.75 Å². The Kier molecular flexibility index (Phi) is 3.89. The Balaban J connectivity index is 1.72. The van der Waals surface area contributed by atoms with Crippen LogP contribution in [0.4, 0.5) is 0 Å². The highest BCUT2D eigenvalue weighted by Crippen LogP contribution is 2.40. The van der Waals surface area contributed by atoms with Crippen LogP contribution in [-0.2, 0) is 22.4 Å². The fraction of sp³-hybridized carbons (Fsp3) is 0.611. The van der Waals surface area contributed by atoms with Crippen LogP contribution in [0.2, 0.25) is 0 Å². The number of ether oxygens (including phenoxy) is 2. The van der Waals surface area contributed by atoms with Gasteiger partial charge in [-0.3, -0.25) is 4.79 Å². The molecule has 0 bridgehead atoms. The van der Waals surface area contributed by atoms with Crippen LogP contribution in [-0.4, -0.2) is 28.9 Å². The topological polar surface area (TPSA) is 55.8 Å². The molecule has 120 valence electrons. The second-order valence-corrected chi connectivity index (χ2v) is 7.13. The minimum atomic E-state index is -0.565. The van der Waals surface area contributed by atoms with Gasteiger partial charge in [0.1, 0.15) is 17.5 Å².